The van der Waals surface area contributed by atoms with Gasteiger partial charge in [0, 0.05) is 17.4 Å². The van der Waals surface area contributed by atoms with Gasteiger partial charge in [-0.2, -0.15) is 11.8 Å². The molecule has 0 aromatic carbocycles. The van der Waals surface area contributed by atoms with Gasteiger partial charge in [0.2, 0.25) is 5.91 Å². The highest BCUT2D eigenvalue weighted by atomic mass is 32.2. The minimum absolute atomic E-state index is 0.138. The summed E-state index contributed by atoms with van der Waals surface area (Å²) in [4.78, 5) is 63.4. The van der Waals surface area contributed by atoms with Gasteiger partial charge < -0.3 is 14.8 Å². The summed E-state index contributed by atoms with van der Waals surface area (Å²) in [5, 5.41) is 2.86. The first-order valence-corrected chi connectivity index (χ1v) is 16.1. The lowest BCUT2D eigenvalue weighted by Gasteiger charge is -2.49. The van der Waals surface area contributed by atoms with E-state index < -0.39 is 41.3 Å². The molecule has 0 aromatic rings. The van der Waals surface area contributed by atoms with Crippen molar-refractivity contribution in [3.63, 3.8) is 0 Å². The third-order valence-corrected chi connectivity index (χ3v) is 9.25. The van der Waals surface area contributed by atoms with E-state index in [1.807, 2.05) is 19.3 Å². The van der Waals surface area contributed by atoms with Gasteiger partial charge in [-0.05, 0) is 73.2 Å². The summed E-state index contributed by atoms with van der Waals surface area (Å²) in [5.41, 5.74) is -0.223. The maximum Gasteiger partial charge on any atom is 0.331 e. The maximum atomic E-state index is 13.7. The molecule has 0 bridgehead atoms. The van der Waals surface area contributed by atoms with Crippen LogP contribution >= 0.6 is 11.8 Å². The van der Waals surface area contributed by atoms with Crippen LogP contribution in [-0.4, -0.2) is 61.2 Å². The van der Waals surface area contributed by atoms with Crippen LogP contribution in [0.1, 0.15) is 66.2 Å². The molecule has 0 aliphatic heterocycles. The summed E-state index contributed by atoms with van der Waals surface area (Å²) in [6.07, 6.45) is 13.6. The molecule has 2 aliphatic carbocycles. The molecule has 1 saturated carbocycles. The number of methoxy groups -OCH3 is 1. The van der Waals surface area contributed by atoms with E-state index in [2.05, 4.69) is 38.7 Å². The summed E-state index contributed by atoms with van der Waals surface area (Å²) in [5.74, 6) is -1.45. The van der Waals surface area contributed by atoms with Crippen LogP contribution in [0.15, 0.2) is 48.1 Å². The van der Waals surface area contributed by atoms with E-state index in [1.54, 1.807) is 17.8 Å². The number of rotatable bonds is 15. The topological polar surface area (TPSA) is 116 Å². The van der Waals surface area contributed by atoms with Crippen molar-refractivity contribution in [2.24, 2.45) is 29.1 Å². The Bertz CT molecular complexity index is 1110. The van der Waals surface area contributed by atoms with Crippen LogP contribution < -0.4 is 5.32 Å². The summed E-state index contributed by atoms with van der Waals surface area (Å²) >= 11 is 1.55. The number of nitrogens with one attached hydrogen (secondary N) is 1. The number of allylic oxidation sites excluding steroid dienone is 5. The molecule has 0 radical (unpaired) electrons. The molecular weight excluding hydrogens is 554 g/mol. The molecule has 1 N–H and O–H groups in total. The largest absolute Gasteiger partial charge is 0.467 e. The standard InChI is InChI=1S/C33H47NO7S/c1-8-21(2)17-22(3)11-9-10-12-30(37)41-29-14-13-25(31(38)34-27(15-16-42-7)32(39)40-6)33(5)19-24(23(4)20-35)28(36)18-26(29)33/h9-12,18,20-22,24-25,27,29H,4,8,13-17,19H2,1-3,5-7H3,(H,34,38)/b11-9+,12-10+/t21?,22?,24-,25+,27-,29+,33+/m0/s1. The second kappa shape index (κ2) is 16.6. The van der Waals surface area contributed by atoms with E-state index in [-0.39, 0.29) is 23.7 Å². The molecule has 2 unspecified atom stereocenters. The van der Waals surface area contributed by atoms with Crippen molar-refractivity contribution in [1.82, 2.24) is 5.32 Å². The van der Waals surface area contributed by atoms with Crippen molar-refractivity contribution in [2.45, 2.75) is 78.4 Å². The smallest absolute Gasteiger partial charge is 0.331 e. The fraction of sp³-hybridized carbons (Fsp3) is 0.606. The lowest BCUT2D eigenvalue weighted by Crippen LogP contribution is -2.54. The summed E-state index contributed by atoms with van der Waals surface area (Å²) in [7, 11) is 1.28. The zero-order valence-corrected chi connectivity index (χ0v) is 26.7. The molecule has 9 heteroatoms. The molecule has 42 heavy (non-hydrogen) atoms. The Morgan fingerprint density at radius 1 is 1.24 bits per heavy atom. The van der Waals surface area contributed by atoms with E-state index in [1.165, 1.54) is 19.3 Å². The van der Waals surface area contributed by atoms with Gasteiger partial charge in [-0.1, -0.05) is 58.9 Å². The number of carbonyl (C=O) groups is 5. The highest BCUT2D eigenvalue weighted by molar-refractivity contribution is 7.98. The van der Waals surface area contributed by atoms with Crippen molar-refractivity contribution in [1.29, 1.82) is 0 Å². The zero-order valence-electron chi connectivity index (χ0n) is 25.9. The van der Waals surface area contributed by atoms with Crippen molar-refractivity contribution < 1.29 is 33.4 Å². The Hall–Kier alpha value is -2.94. The second-order valence-electron chi connectivity index (χ2n) is 11.8. The monoisotopic (exact) mass is 601 g/mol. The number of hydrogen-bond donors (Lipinski definition) is 1. The van der Waals surface area contributed by atoms with Crippen LogP contribution in [0.5, 0.6) is 0 Å². The number of fused-ring (bicyclic) bond motifs is 1. The minimum Gasteiger partial charge on any atom is -0.467 e. The fourth-order valence-electron chi connectivity index (χ4n) is 5.94. The zero-order chi connectivity index (χ0) is 31.4. The number of aldehydes is 1. The van der Waals surface area contributed by atoms with Crippen molar-refractivity contribution in [2.75, 3.05) is 19.1 Å². The SMILES string of the molecule is C=C(C=O)[C@@H]1C[C@@]2(C)C(=CC1=O)[C@H](OC(=O)/C=C/C=C/C(C)CC(C)CC)CC[C@@H]2C(=O)N[C@@H](CCSC)C(=O)OC. The Labute approximate surface area is 254 Å². The summed E-state index contributed by atoms with van der Waals surface area (Å²) < 4.78 is 10.7. The number of amides is 1. The van der Waals surface area contributed by atoms with Crippen LogP contribution in [0.25, 0.3) is 0 Å². The summed E-state index contributed by atoms with van der Waals surface area (Å²) in [6, 6.07) is -0.807. The van der Waals surface area contributed by atoms with Gasteiger partial charge in [0.25, 0.3) is 0 Å². The second-order valence-corrected chi connectivity index (χ2v) is 12.7. The third-order valence-electron chi connectivity index (χ3n) is 8.60. The molecule has 2 aliphatic rings. The molecule has 8 nitrogen and oxygen atoms in total. The molecular formula is C33H47NO7S. The van der Waals surface area contributed by atoms with Gasteiger partial charge in [-0.25, -0.2) is 9.59 Å². The minimum atomic E-state index is -0.910. The molecule has 0 aromatic heterocycles. The number of esters is 2. The van der Waals surface area contributed by atoms with E-state index in [0.29, 0.717) is 48.7 Å². The lowest BCUT2D eigenvalue weighted by atomic mass is 9.56. The maximum absolute atomic E-state index is 13.7. The molecule has 0 saturated heterocycles. The fourth-order valence-corrected chi connectivity index (χ4v) is 6.41. The molecule has 0 spiro atoms. The van der Waals surface area contributed by atoms with E-state index in [0.717, 1.165) is 12.8 Å². The van der Waals surface area contributed by atoms with E-state index in [9.17, 15) is 24.0 Å². The average Bonchev–Trinajstić information content (AvgIpc) is 2.96. The highest BCUT2D eigenvalue weighted by Crippen LogP contribution is 2.53. The Kier molecular flexibility index (Phi) is 14.0. The molecule has 0 heterocycles. The number of ether oxygens (including phenoxy) is 2. The first kappa shape index (κ1) is 35.3. The number of hydrogen-bond acceptors (Lipinski definition) is 8. The Morgan fingerprint density at radius 3 is 2.57 bits per heavy atom. The van der Waals surface area contributed by atoms with Crippen molar-refractivity contribution in [3.05, 3.63) is 48.1 Å². The first-order chi connectivity index (χ1) is 19.9. The number of ketones is 1. The van der Waals surface area contributed by atoms with Crippen LogP contribution in [0.4, 0.5) is 0 Å². The number of thioether (sulfide) groups is 1. The average molecular weight is 602 g/mol. The predicted octanol–water partition coefficient (Wildman–Crippen LogP) is 5.18. The highest BCUT2D eigenvalue weighted by Gasteiger charge is 2.53. The van der Waals surface area contributed by atoms with E-state index in [4.69, 9.17) is 9.47 Å². The summed E-state index contributed by atoms with van der Waals surface area (Å²) in [6.45, 7) is 12.1. The van der Waals surface area contributed by atoms with Gasteiger partial charge in [-0.15, -0.1) is 0 Å². The Morgan fingerprint density at radius 2 is 1.95 bits per heavy atom. The molecule has 232 valence electrons. The van der Waals surface area contributed by atoms with Gasteiger partial charge in [0.05, 0.1) is 13.0 Å². The molecule has 7 atom stereocenters. The van der Waals surface area contributed by atoms with Crippen LogP contribution in [0.2, 0.25) is 0 Å². The molecule has 1 amide bonds. The van der Waals surface area contributed by atoms with Gasteiger partial charge >= 0.3 is 11.9 Å². The van der Waals surface area contributed by atoms with Crippen LogP contribution in [0.3, 0.4) is 0 Å². The Balaban J connectivity index is 2.28. The lowest BCUT2D eigenvalue weighted by molar-refractivity contribution is -0.149. The first-order valence-electron chi connectivity index (χ1n) is 14.7. The molecule has 1 fully saturated rings. The van der Waals surface area contributed by atoms with E-state index >= 15 is 0 Å². The van der Waals surface area contributed by atoms with Gasteiger partial charge in [-0.3, -0.25) is 14.4 Å². The molecule has 2 rings (SSSR count). The van der Waals surface area contributed by atoms with Crippen molar-refractivity contribution >= 4 is 41.7 Å². The van der Waals surface area contributed by atoms with Crippen molar-refractivity contribution in [3.8, 4) is 0 Å². The van der Waals surface area contributed by atoms with Crippen LogP contribution in [-0.2, 0) is 33.4 Å². The number of carbonyl (C=O) groups excluding carboxylic acids is 5. The van der Waals surface area contributed by atoms with Gasteiger partial charge in [0.1, 0.15) is 18.4 Å². The van der Waals surface area contributed by atoms with Gasteiger partial charge in [0.15, 0.2) is 5.78 Å². The predicted molar refractivity (Wildman–Crippen MR) is 166 cm³/mol. The normalized spacial score (nSPS) is 26.1. The van der Waals surface area contributed by atoms with Crippen LogP contribution in [0, 0.1) is 29.1 Å². The quantitative estimate of drug-likeness (QED) is 0.118. The third kappa shape index (κ3) is 9.28.